The van der Waals surface area contributed by atoms with Crippen LogP contribution in [0.4, 0.5) is 0 Å². The van der Waals surface area contributed by atoms with Crippen molar-refractivity contribution in [2.24, 2.45) is 0 Å². The van der Waals surface area contributed by atoms with Crippen LogP contribution in [0.5, 0.6) is 0 Å². The molecule has 3 aromatic heterocycles. The van der Waals surface area contributed by atoms with Gasteiger partial charge in [0, 0.05) is 9.40 Å². The fourth-order valence-corrected chi connectivity index (χ4v) is 3.53. The molecule has 3 heterocycles. The average molecular weight is 265 g/mol. The highest BCUT2D eigenvalue weighted by Gasteiger charge is 2.15. The van der Waals surface area contributed by atoms with E-state index in [1.807, 2.05) is 14.0 Å². The Kier molecular flexibility index (Phi) is 2.70. The van der Waals surface area contributed by atoms with Gasteiger partial charge in [0.2, 0.25) is 5.89 Å². The van der Waals surface area contributed by atoms with E-state index in [9.17, 15) is 0 Å². The highest BCUT2D eigenvalue weighted by Crippen LogP contribution is 2.35. The van der Waals surface area contributed by atoms with Gasteiger partial charge < -0.3 is 9.73 Å². The van der Waals surface area contributed by atoms with Gasteiger partial charge in [0.1, 0.15) is 0 Å². The summed E-state index contributed by atoms with van der Waals surface area (Å²) in [4.78, 5) is 1.04. The summed E-state index contributed by atoms with van der Waals surface area (Å²) in [7, 11) is 1.87. The first-order chi connectivity index (χ1) is 8.28. The molecule has 3 rings (SSSR count). The lowest BCUT2D eigenvalue weighted by atomic mass is 10.3. The maximum absolute atomic E-state index is 5.65. The average Bonchev–Trinajstić information content (AvgIpc) is 3.00. The molecule has 6 heteroatoms. The van der Waals surface area contributed by atoms with Crippen molar-refractivity contribution in [1.29, 1.82) is 0 Å². The molecule has 0 fully saturated rings. The van der Waals surface area contributed by atoms with E-state index in [0.717, 1.165) is 4.88 Å². The molecule has 88 valence electrons. The number of hydrogen-bond donors (Lipinski definition) is 1. The number of rotatable bonds is 3. The third kappa shape index (κ3) is 1.88. The van der Waals surface area contributed by atoms with Crippen LogP contribution in [0.15, 0.2) is 21.9 Å². The van der Waals surface area contributed by atoms with Gasteiger partial charge in [-0.1, -0.05) is 0 Å². The molecule has 1 atom stereocenters. The minimum absolute atomic E-state index is 0.0809. The van der Waals surface area contributed by atoms with Crippen molar-refractivity contribution in [2.75, 3.05) is 7.05 Å². The summed E-state index contributed by atoms with van der Waals surface area (Å²) < 4.78 is 8.19. The van der Waals surface area contributed by atoms with Gasteiger partial charge in [-0.05, 0) is 31.5 Å². The Morgan fingerprint density at radius 1 is 1.35 bits per heavy atom. The summed E-state index contributed by atoms with van der Waals surface area (Å²) in [5.41, 5.74) is 0. The van der Waals surface area contributed by atoms with Crippen LogP contribution in [-0.2, 0) is 0 Å². The van der Waals surface area contributed by atoms with E-state index in [-0.39, 0.29) is 6.04 Å². The van der Waals surface area contributed by atoms with E-state index >= 15 is 0 Å². The predicted molar refractivity (Wildman–Crippen MR) is 70.5 cm³/mol. The van der Waals surface area contributed by atoms with Crippen LogP contribution < -0.4 is 5.32 Å². The topological polar surface area (TPSA) is 51.0 Å². The Hall–Kier alpha value is -1.24. The number of nitrogens with one attached hydrogen (secondary N) is 1. The number of nitrogens with zero attached hydrogens (tertiary/aromatic N) is 2. The fraction of sp³-hybridized carbons (Fsp3) is 0.273. The summed E-state index contributed by atoms with van der Waals surface area (Å²) in [6, 6.07) is 4.30. The van der Waals surface area contributed by atoms with Crippen LogP contribution in [0.25, 0.3) is 20.2 Å². The van der Waals surface area contributed by atoms with Crippen LogP contribution in [0.2, 0.25) is 0 Å². The molecule has 3 aromatic rings. The molecular formula is C11H11N3OS2. The van der Waals surface area contributed by atoms with Crippen LogP contribution >= 0.6 is 22.7 Å². The van der Waals surface area contributed by atoms with Gasteiger partial charge in [0.25, 0.3) is 5.89 Å². The molecule has 0 aliphatic carbocycles. The predicted octanol–water partition coefficient (Wildman–Crippen LogP) is 3.29. The van der Waals surface area contributed by atoms with Crippen molar-refractivity contribution in [3.8, 4) is 10.8 Å². The van der Waals surface area contributed by atoms with Crippen LogP contribution in [0.3, 0.4) is 0 Å². The first-order valence-corrected chi connectivity index (χ1v) is 6.95. The summed E-state index contributed by atoms with van der Waals surface area (Å²) in [6.45, 7) is 1.99. The molecule has 0 radical (unpaired) electrons. The lowest BCUT2D eigenvalue weighted by Gasteiger charge is -2.01. The molecule has 0 aliphatic heterocycles. The lowest BCUT2D eigenvalue weighted by Crippen LogP contribution is -2.12. The normalized spacial score (nSPS) is 13.3. The molecule has 17 heavy (non-hydrogen) atoms. The van der Waals surface area contributed by atoms with E-state index in [2.05, 4.69) is 33.0 Å². The Morgan fingerprint density at radius 2 is 2.24 bits per heavy atom. The van der Waals surface area contributed by atoms with Crippen molar-refractivity contribution in [3.63, 3.8) is 0 Å². The van der Waals surface area contributed by atoms with E-state index < -0.39 is 0 Å². The van der Waals surface area contributed by atoms with E-state index in [4.69, 9.17) is 4.42 Å². The molecule has 0 saturated carbocycles. The summed E-state index contributed by atoms with van der Waals surface area (Å²) >= 11 is 3.41. The number of aromatic nitrogens is 2. The van der Waals surface area contributed by atoms with Crippen molar-refractivity contribution in [1.82, 2.24) is 15.5 Å². The first kappa shape index (κ1) is 10.9. The van der Waals surface area contributed by atoms with Crippen molar-refractivity contribution in [3.05, 3.63) is 23.4 Å². The third-order valence-electron chi connectivity index (χ3n) is 2.59. The molecule has 4 nitrogen and oxygen atoms in total. The van der Waals surface area contributed by atoms with Gasteiger partial charge in [-0.2, -0.15) is 0 Å². The zero-order valence-electron chi connectivity index (χ0n) is 9.43. The summed E-state index contributed by atoms with van der Waals surface area (Å²) in [5, 5.41) is 13.3. The van der Waals surface area contributed by atoms with Gasteiger partial charge in [-0.3, -0.25) is 0 Å². The zero-order valence-corrected chi connectivity index (χ0v) is 11.1. The standard InChI is InChI=1S/C11H11N3OS2/c1-6(12-2)10-13-14-11(15-10)9-5-8-7(17-9)3-4-16-8/h3-6,12H,1-2H3. The second kappa shape index (κ2) is 4.21. The highest BCUT2D eigenvalue weighted by molar-refractivity contribution is 7.28. The first-order valence-electron chi connectivity index (χ1n) is 5.26. The maximum Gasteiger partial charge on any atom is 0.257 e. The second-order valence-corrected chi connectivity index (χ2v) is 5.75. The van der Waals surface area contributed by atoms with Gasteiger partial charge in [-0.25, -0.2) is 0 Å². The number of thiophene rings is 2. The SMILES string of the molecule is CNC(C)c1nnc(-c2cc3sccc3s2)o1. The van der Waals surface area contributed by atoms with Crippen LogP contribution in [0, 0.1) is 0 Å². The molecule has 0 saturated heterocycles. The summed E-state index contributed by atoms with van der Waals surface area (Å²) in [6.07, 6.45) is 0. The number of fused-ring (bicyclic) bond motifs is 1. The maximum atomic E-state index is 5.65. The minimum Gasteiger partial charge on any atom is -0.418 e. The largest absolute Gasteiger partial charge is 0.418 e. The third-order valence-corrected chi connectivity index (χ3v) is 4.68. The van der Waals surface area contributed by atoms with Crippen molar-refractivity contribution >= 4 is 32.1 Å². The van der Waals surface area contributed by atoms with Crippen molar-refractivity contribution in [2.45, 2.75) is 13.0 Å². The van der Waals surface area contributed by atoms with Gasteiger partial charge in [0.15, 0.2) is 0 Å². The van der Waals surface area contributed by atoms with E-state index in [0.29, 0.717) is 11.8 Å². The van der Waals surface area contributed by atoms with E-state index in [1.54, 1.807) is 22.7 Å². The molecule has 0 bridgehead atoms. The molecular weight excluding hydrogens is 254 g/mol. The zero-order chi connectivity index (χ0) is 11.8. The van der Waals surface area contributed by atoms with Gasteiger partial charge in [0.05, 0.1) is 10.9 Å². The van der Waals surface area contributed by atoms with Crippen molar-refractivity contribution < 1.29 is 4.42 Å². The summed E-state index contributed by atoms with van der Waals surface area (Å²) in [5.74, 6) is 1.23. The Balaban J connectivity index is 1.98. The molecule has 1 unspecified atom stereocenters. The second-order valence-electron chi connectivity index (χ2n) is 3.72. The van der Waals surface area contributed by atoms with Gasteiger partial charge in [-0.15, -0.1) is 32.9 Å². The van der Waals surface area contributed by atoms with Crippen LogP contribution in [-0.4, -0.2) is 17.2 Å². The van der Waals surface area contributed by atoms with E-state index in [1.165, 1.54) is 9.40 Å². The minimum atomic E-state index is 0.0809. The van der Waals surface area contributed by atoms with Crippen LogP contribution in [0.1, 0.15) is 18.9 Å². The Morgan fingerprint density at radius 3 is 3.00 bits per heavy atom. The lowest BCUT2D eigenvalue weighted by molar-refractivity contribution is 0.442. The molecule has 1 N–H and O–H groups in total. The Labute approximate surface area is 106 Å². The molecule has 0 spiro atoms. The van der Waals surface area contributed by atoms with Gasteiger partial charge >= 0.3 is 0 Å². The quantitative estimate of drug-likeness (QED) is 0.789. The smallest absolute Gasteiger partial charge is 0.257 e. The molecule has 0 aliphatic rings. The fourth-order valence-electron chi connectivity index (χ4n) is 1.50. The highest BCUT2D eigenvalue weighted by atomic mass is 32.1. The molecule has 0 amide bonds. The monoisotopic (exact) mass is 265 g/mol. The number of hydrogen-bond acceptors (Lipinski definition) is 6. The molecule has 0 aromatic carbocycles. The Bertz CT molecular complexity index is 611.